The highest BCUT2D eigenvalue weighted by molar-refractivity contribution is 5.46. The van der Waals surface area contributed by atoms with Crippen LogP contribution in [0, 0.1) is 5.92 Å². The molecule has 0 radical (unpaired) electrons. The zero-order chi connectivity index (χ0) is 18.2. The molecule has 0 fully saturated rings. The maximum absolute atomic E-state index is 10.6. The zero-order valence-electron chi connectivity index (χ0n) is 15.6. The number of hydrogen-bond acceptors (Lipinski definition) is 4. The summed E-state index contributed by atoms with van der Waals surface area (Å²) in [5.41, 5.74) is 2.00. The molecule has 1 N–H and O–H groups in total. The van der Waals surface area contributed by atoms with Crippen molar-refractivity contribution in [3.8, 4) is 11.5 Å². The third kappa shape index (κ3) is 5.48. The van der Waals surface area contributed by atoms with E-state index in [0.29, 0.717) is 19.0 Å². The Kier molecular flexibility index (Phi) is 7.29. The molecule has 0 aliphatic rings. The molecule has 0 saturated heterocycles. The maximum atomic E-state index is 10.6. The van der Waals surface area contributed by atoms with Crippen molar-refractivity contribution in [2.24, 2.45) is 5.92 Å². The monoisotopic (exact) mass is 343 g/mol. The second kappa shape index (κ2) is 9.44. The van der Waals surface area contributed by atoms with E-state index in [-0.39, 0.29) is 0 Å². The van der Waals surface area contributed by atoms with Crippen molar-refractivity contribution < 1.29 is 14.6 Å². The molecule has 2 aromatic rings. The van der Waals surface area contributed by atoms with Crippen LogP contribution in [0.2, 0.25) is 0 Å². The van der Waals surface area contributed by atoms with E-state index in [1.807, 2.05) is 48.5 Å². The molecule has 25 heavy (non-hydrogen) atoms. The van der Waals surface area contributed by atoms with Gasteiger partial charge in [-0.25, -0.2) is 0 Å². The SMILES string of the molecule is COc1cccc(CN(CC(C)C)C[C@@H](O)c2ccccc2)c1OC. The Morgan fingerprint density at radius 2 is 1.64 bits per heavy atom. The standard InChI is InChI=1S/C21H29NO3/c1-16(2)13-22(15-19(23)17-9-6-5-7-10-17)14-18-11-8-12-20(24-3)21(18)25-4/h5-12,16,19,23H,13-15H2,1-4H3/t19-/m1/s1. The summed E-state index contributed by atoms with van der Waals surface area (Å²) in [4.78, 5) is 2.26. The summed E-state index contributed by atoms with van der Waals surface area (Å²) in [5.74, 6) is 1.99. The first-order valence-corrected chi connectivity index (χ1v) is 8.70. The molecular formula is C21H29NO3. The number of benzene rings is 2. The lowest BCUT2D eigenvalue weighted by molar-refractivity contribution is 0.101. The van der Waals surface area contributed by atoms with Gasteiger partial charge in [0.25, 0.3) is 0 Å². The highest BCUT2D eigenvalue weighted by Gasteiger charge is 2.18. The first kappa shape index (κ1) is 19.3. The van der Waals surface area contributed by atoms with Gasteiger partial charge in [0.05, 0.1) is 20.3 Å². The average molecular weight is 343 g/mol. The summed E-state index contributed by atoms with van der Waals surface area (Å²) < 4.78 is 10.9. The molecule has 2 aromatic carbocycles. The summed E-state index contributed by atoms with van der Waals surface area (Å²) >= 11 is 0. The molecule has 0 heterocycles. The molecular weight excluding hydrogens is 314 g/mol. The molecule has 136 valence electrons. The van der Waals surface area contributed by atoms with E-state index < -0.39 is 6.10 Å². The lowest BCUT2D eigenvalue weighted by Crippen LogP contribution is -2.31. The van der Waals surface area contributed by atoms with E-state index in [9.17, 15) is 5.11 Å². The molecule has 0 aromatic heterocycles. The van der Waals surface area contributed by atoms with E-state index >= 15 is 0 Å². The second-order valence-electron chi connectivity index (χ2n) is 6.67. The van der Waals surface area contributed by atoms with E-state index in [4.69, 9.17) is 9.47 Å². The smallest absolute Gasteiger partial charge is 0.165 e. The lowest BCUT2D eigenvalue weighted by Gasteiger charge is -2.28. The number of aliphatic hydroxyl groups excluding tert-OH is 1. The number of methoxy groups -OCH3 is 2. The Morgan fingerprint density at radius 1 is 0.920 bits per heavy atom. The van der Waals surface area contributed by atoms with Crippen molar-refractivity contribution in [3.63, 3.8) is 0 Å². The van der Waals surface area contributed by atoms with Crippen LogP contribution in [-0.2, 0) is 6.54 Å². The van der Waals surface area contributed by atoms with Crippen molar-refractivity contribution in [1.82, 2.24) is 4.90 Å². The third-order valence-corrected chi connectivity index (χ3v) is 4.12. The number of aliphatic hydroxyl groups is 1. The van der Waals surface area contributed by atoms with Gasteiger partial charge < -0.3 is 14.6 Å². The molecule has 4 heteroatoms. The summed E-state index contributed by atoms with van der Waals surface area (Å²) in [5, 5.41) is 10.6. The van der Waals surface area contributed by atoms with Gasteiger partial charge in [-0.15, -0.1) is 0 Å². The van der Waals surface area contributed by atoms with Gasteiger partial charge in [-0.1, -0.05) is 56.3 Å². The van der Waals surface area contributed by atoms with Crippen LogP contribution in [0.3, 0.4) is 0 Å². The minimum absolute atomic E-state index is 0.500. The predicted octanol–water partition coefficient (Wildman–Crippen LogP) is 3.90. The minimum Gasteiger partial charge on any atom is -0.493 e. The summed E-state index contributed by atoms with van der Waals surface area (Å²) in [7, 11) is 3.31. The second-order valence-corrected chi connectivity index (χ2v) is 6.67. The Labute approximate surface area is 151 Å². The molecule has 0 spiro atoms. The number of rotatable bonds is 9. The van der Waals surface area contributed by atoms with E-state index in [0.717, 1.165) is 29.2 Å². The largest absolute Gasteiger partial charge is 0.493 e. The Balaban J connectivity index is 2.18. The first-order valence-electron chi connectivity index (χ1n) is 8.70. The minimum atomic E-state index is -0.517. The van der Waals surface area contributed by atoms with Crippen LogP contribution in [-0.4, -0.2) is 37.3 Å². The van der Waals surface area contributed by atoms with Crippen molar-refractivity contribution >= 4 is 0 Å². The van der Waals surface area contributed by atoms with E-state index in [1.54, 1.807) is 14.2 Å². The summed E-state index contributed by atoms with van der Waals surface area (Å²) in [6.45, 7) is 6.53. The molecule has 0 aliphatic heterocycles. The molecule has 1 atom stereocenters. The molecule has 0 amide bonds. The van der Waals surface area contributed by atoms with Gasteiger partial charge >= 0.3 is 0 Å². The lowest BCUT2D eigenvalue weighted by atomic mass is 10.1. The van der Waals surface area contributed by atoms with E-state index in [1.165, 1.54) is 0 Å². The average Bonchev–Trinajstić information content (AvgIpc) is 2.61. The first-order chi connectivity index (χ1) is 12.0. The van der Waals surface area contributed by atoms with Gasteiger partial charge in [-0.3, -0.25) is 4.90 Å². The Hall–Kier alpha value is -2.04. The van der Waals surface area contributed by atoms with Gasteiger partial charge in [-0.05, 0) is 17.5 Å². The Morgan fingerprint density at radius 3 is 2.24 bits per heavy atom. The number of ether oxygens (including phenoxy) is 2. The maximum Gasteiger partial charge on any atom is 0.165 e. The van der Waals surface area contributed by atoms with Crippen LogP contribution in [0.1, 0.15) is 31.1 Å². The Bertz CT molecular complexity index is 643. The van der Waals surface area contributed by atoms with Crippen molar-refractivity contribution in [3.05, 3.63) is 59.7 Å². The van der Waals surface area contributed by atoms with Crippen LogP contribution in [0.5, 0.6) is 11.5 Å². The number of nitrogens with zero attached hydrogens (tertiary/aromatic N) is 1. The van der Waals surface area contributed by atoms with Gasteiger partial charge in [0.15, 0.2) is 11.5 Å². The quantitative estimate of drug-likeness (QED) is 0.750. The fourth-order valence-electron chi connectivity index (χ4n) is 3.06. The molecule has 0 aliphatic carbocycles. The highest BCUT2D eigenvalue weighted by Crippen LogP contribution is 2.32. The molecule has 0 saturated carbocycles. The van der Waals surface area contributed by atoms with Crippen molar-refractivity contribution in [2.45, 2.75) is 26.5 Å². The molecule has 2 rings (SSSR count). The predicted molar refractivity (Wildman–Crippen MR) is 101 cm³/mol. The molecule has 0 unspecified atom stereocenters. The van der Waals surface area contributed by atoms with Crippen LogP contribution in [0.4, 0.5) is 0 Å². The zero-order valence-corrected chi connectivity index (χ0v) is 15.6. The number of para-hydroxylation sites is 1. The molecule has 4 nitrogen and oxygen atoms in total. The fourth-order valence-corrected chi connectivity index (χ4v) is 3.06. The normalized spacial score (nSPS) is 12.4. The number of hydrogen-bond donors (Lipinski definition) is 1. The van der Waals surface area contributed by atoms with Gasteiger partial charge in [0, 0.05) is 25.2 Å². The van der Waals surface area contributed by atoms with Crippen LogP contribution >= 0.6 is 0 Å². The van der Waals surface area contributed by atoms with E-state index in [2.05, 4.69) is 18.7 Å². The van der Waals surface area contributed by atoms with Crippen molar-refractivity contribution in [1.29, 1.82) is 0 Å². The van der Waals surface area contributed by atoms with Crippen molar-refractivity contribution in [2.75, 3.05) is 27.3 Å². The third-order valence-electron chi connectivity index (χ3n) is 4.12. The van der Waals surface area contributed by atoms with Crippen LogP contribution < -0.4 is 9.47 Å². The van der Waals surface area contributed by atoms with Crippen LogP contribution in [0.15, 0.2) is 48.5 Å². The molecule has 0 bridgehead atoms. The van der Waals surface area contributed by atoms with Crippen LogP contribution in [0.25, 0.3) is 0 Å². The fraction of sp³-hybridized carbons (Fsp3) is 0.429. The topological polar surface area (TPSA) is 41.9 Å². The van der Waals surface area contributed by atoms with Gasteiger partial charge in [0.2, 0.25) is 0 Å². The summed E-state index contributed by atoms with van der Waals surface area (Å²) in [6.07, 6.45) is -0.517. The van der Waals surface area contributed by atoms with Gasteiger partial charge in [0.1, 0.15) is 0 Å². The highest BCUT2D eigenvalue weighted by atomic mass is 16.5. The van der Waals surface area contributed by atoms with Gasteiger partial charge in [-0.2, -0.15) is 0 Å². The summed E-state index contributed by atoms with van der Waals surface area (Å²) in [6, 6.07) is 15.7.